The van der Waals surface area contributed by atoms with E-state index in [-0.39, 0.29) is 11.9 Å². The number of halogens is 1. The summed E-state index contributed by atoms with van der Waals surface area (Å²) < 4.78 is 13.4. The monoisotopic (exact) mass is 236 g/mol. The number of aryl methyl sites for hydroxylation is 1. The van der Waals surface area contributed by atoms with Crippen LogP contribution in [0, 0.1) is 12.7 Å². The molecule has 1 aromatic carbocycles. The van der Waals surface area contributed by atoms with Crippen molar-refractivity contribution in [2.24, 2.45) is 0 Å². The molecule has 2 unspecified atom stereocenters. The molecule has 0 aromatic heterocycles. The van der Waals surface area contributed by atoms with E-state index in [9.17, 15) is 4.39 Å². The van der Waals surface area contributed by atoms with Gasteiger partial charge in [-0.15, -0.1) is 0 Å². The van der Waals surface area contributed by atoms with E-state index >= 15 is 0 Å². The van der Waals surface area contributed by atoms with Crippen molar-refractivity contribution in [3.05, 3.63) is 35.1 Å². The predicted molar refractivity (Wildman–Crippen MR) is 68.6 cm³/mol. The lowest BCUT2D eigenvalue weighted by atomic mass is 10.1. The maximum Gasteiger partial charge on any atom is 0.126 e. The maximum absolute atomic E-state index is 13.4. The van der Waals surface area contributed by atoms with Crippen LogP contribution < -0.4 is 10.6 Å². The minimum atomic E-state index is -0.116. The summed E-state index contributed by atoms with van der Waals surface area (Å²) in [6, 6.07) is 6.25. The van der Waals surface area contributed by atoms with Crippen LogP contribution in [0.4, 0.5) is 4.39 Å². The number of rotatable bonds is 4. The highest BCUT2D eigenvalue weighted by Gasteiger charge is 2.15. The fourth-order valence-electron chi connectivity index (χ4n) is 2.25. The summed E-state index contributed by atoms with van der Waals surface area (Å²) in [5.41, 5.74) is 1.73. The molecule has 0 radical (unpaired) electrons. The molecular weight excluding hydrogens is 215 g/mol. The number of benzene rings is 1. The number of hydrogen-bond acceptors (Lipinski definition) is 2. The van der Waals surface area contributed by atoms with Crippen molar-refractivity contribution in [2.45, 2.75) is 38.8 Å². The fourth-order valence-corrected chi connectivity index (χ4v) is 2.25. The van der Waals surface area contributed by atoms with Gasteiger partial charge < -0.3 is 10.6 Å². The molecule has 17 heavy (non-hydrogen) atoms. The van der Waals surface area contributed by atoms with Crippen LogP contribution in [0.2, 0.25) is 0 Å². The Balaban J connectivity index is 1.89. The van der Waals surface area contributed by atoms with Crippen LogP contribution >= 0.6 is 0 Å². The van der Waals surface area contributed by atoms with Crippen molar-refractivity contribution in [1.29, 1.82) is 0 Å². The molecule has 0 spiro atoms. The highest BCUT2D eigenvalue weighted by Crippen LogP contribution is 2.16. The van der Waals surface area contributed by atoms with Crippen molar-refractivity contribution >= 4 is 0 Å². The molecule has 1 aromatic rings. The second-order valence-electron chi connectivity index (χ2n) is 4.93. The van der Waals surface area contributed by atoms with Gasteiger partial charge in [0.25, 0.3) is 0 Å². The van der Waals surface area contributed by atoms with Crippen LogP contribution in [-0.2, 0) is 0 Å². The van der Waals surface area contributed by atoms with E-state index in [0.29, 0.717) is 11.6 Å². The van der Waals surface area contributed by atoms with Crippen LogP contribution in [-0.4, -0.2) is 19.1 Å². The molecule has 1 aliphatic rings. The molecule has 1 aliphatic heterocycles. The van der Waals surface area contributed by atoms with Gasteiger partial charge in [0.2, 0.25) is 0 Å². The largest absolute Gasteiger partial charge is 0.313 e. The normalized spacial score (nSPS) is 21.7. The van der Waals surface area contributed by atoms with E-state index in [1.165, 1.54) is 12.8 Å². The van der Waals surface area contributed by atoms with E-state index in [4.69, 9.17) is 0 Å². The van der Waals surface area contributed by atoms with Crippen molar-refractivity contribution < 1.29 is 4.39 Å². The Labute approximate surface area is 103 Å². The van der Waals surface area contributed by atoms with Gasteiger partial charge in [-0.3, -0.25) is 0 Å². The van der Waals surface area contributed by atoms with E-state index in [2.05, 4.69) is 17.6 Å². The molecule has 0 amide bonds. The summed E-state index contributed by atoms with van der Waals surface area (Å²) in [5, 5.41) is 6.91. The van der Waals surface area contributed by atoms with Gasteiger partial charge in [0.05, 0.1) is 0 Å². The Hall–Kier alpha value is -0.930. The van der Waals surface area contributed by atoms with Crippen LogP contribution in [0.1, 0.15) is 36.9 Å². The first-order valence-corrected chi connectivity index (χ1v) is 6.39. The van der Waals surface area contributed by atoms with Crippen LogP contribution in [0.15, 0.2) is 18.2 Å². The zero-order chi connectivity index (χ0) is 12.3. The van der Waals surface area contributed by atoms with Crippen molar-refractivity contribution in [1.82, 2.24) is 10.6 Å². The maximum atomic E-state index is 13.4. The van der Waals surface area contributed by atoms with Gasteiger partial charge in [-0.2, -0.15) is 0 Å². The van der Waals surface area contributed by atoms with Crippen molar-refractivity contribution in [3.8, 4) is 0 Å². The Morgan fingerprint density at radius 1 is 1.53 bits per heavy atom. The van der Waals surface area contributed by atoms with Gasteiger partial charge in [0.15, 0.2) is 0 Å². The summed E-state index contributed by atoms with van der Waals surface area (Å²) in [6.45, 7) is 5.95. The Kier molecular flexibility index (Phi) is 4.13. The zero-order valence-electron chi connectivity index (χ0n) is 10.6. The number of nitrogens with one attached hydrogen (secondary N) is 2. The lowest BCUT2D eigenvalue weighted by Gasteiger charge is -2.18. The molecule has 1 saturated heterocycles. The quantitative estimate of drug-likeness (QED) is 0.839. The van der Waals surface area contributed by atoms with E-state index < -0.39 is 0 Å². The molecule has 0 aliphatic carbocycles. The molecule has 2 atom stereocenters. The fraction of sp³-hybridized carbons (Fsp3) is 0.571. The molecule has 1 fully saturated rings. The highest BCUT2D eigenvalue weighted by molar-refractivity contribution is 5.25. The number of hydrogen-bond donors (Lipinski definition) is 2. The first-order valence-electron chi connectivity index (χ1n) is 6.39. The third-order valence-electron chi connectivity index (χ3n) is 3.53. The predicted octanol–water partition coefficient (Wildman–Crippen LogP) is 2.54. The lowest BCUT2D eigenvalue weighted by molar-refractivity contribution is 0.488. The Bertz CT molecular complexity index is 372. The molecule has 3 heteroatoms. The topological polar surface area (TPSA) is 24.1 Å². The average Bonchev–Trinajstić information content (AvgIpc) is 2.82. The average molecular weight is 236 g/mol. The van der Waals surface area contributed by atoms with E-state index in [1.54, 1.807) is 13.0 Å². The molecular formula is C14H21FN2. The Morgan fingerprint density at radius 2 is 2.35 bits per heavy atom. The van der Waals surface area contributed by atoms with E-state index in [0.717, 1.165) is 18.7 Å². The summed E-state index contributed by atoms with van der Waals surface area (Å²) in [7, 11) is 0. The molecule has 94 valence electrons. The van der Waals surface area contributed by atoms with Crippen molar-refractivity contribution in [2.75, 3.05) is 13.1 Å². The minimum Gasteiger partial charge on any atom is -0.313 e. The second-order valence-corrected chi connectivity index (χ2v) is 4.93. The lowest BCUT2D eigenvalue weighted by Crippen LogP contribution is -2.35. The van der Waals surface area contributed by atoms with Crippen molar-refractivity contribution in [3.63, 3.8) is 0 Å². The van der Waals surface area contributed by atoms with E-state index in [1.807, 2.05) is 12.1 Å². The third kappa shape index (κ3) is 3.27. The third-order valence-corrected chi connectivity index (χ3v) is 3.53. The first kappa shape index (κ1) is 12.5. The van der Waals surface area contributed by atoms with Gasteiger partial charge in [0.1, 0.15) is 5.82 Å². The van der Waals surface area contributed by atoms with Gasteiger partial charge in [-0.1, -0.05) is 12.1 Å². The first-order chi connectivity index (χ1) is 8.16. The van der Waals surface area contributed by atoms with Crippen LogP contribution in [0.5, 0.6) is 0 Å². The molecule has 2 N–H and O–H groups in total. The summed E-state index contributed by atoms with van der Waals surface area (Å²) in [6.07, 6.45) is 2.50. The van der Waals surface area contributed by atoms with Gasteiger partial charge in [-0.05, 0) is 50.4 Å². The molecule has 0 bridgehead atoms. The SMILES string of the molecule is Cc1ccc(C(C)NCC2CCCN2)cc1F. The summed E-state index contributed by atoms with van der Waals surface area (Å²) in [5.74, 6) is -0.116. The summed E-state index contributed by atoms with van der Waals surface area (Å²) in [4.78, 5) is 0. The van der Waals surface area contributed by atoms with Crippen LogP contribution in [0.25, 0.3) is 0 Å². The highest BCUT2D eigenvalue weighted by atomic mass is 19.1. The van der Waals surface area contributed by atoms with Gasteiger partial charge in [0, 0.05) is 18.6 Å². The Morgan fingerprint density at radius 3 is 3.00 bits per heavy atom. The molecule has 2 nitrogen and oxygen atoms in total. The zero-order valence-corrected chi connectivity index (χ0v) is 10.6. The minimum absolute atomic E-state index is 0.116. The molecule has 0 saturated carbocycles. The molecule has 1 heterocycles. The summed E-state index contributed by atoms with van der Waals surface area (Å²) >= 11 is 0. The van der Waals surface area contributed by atoms with Crippen LogP contribution in [0.3, 0.4) is 0 Å². The second kappa shape index (κ2) is 5.61. The van der Waals surface area contributed by atoms with Gasteiger partial charge >= 0.3 is 0 Å². The smallest absolute Gasteiger partial charge is 0.126 e. The standard InChI is InChI=1S/C14H21FN2/c1-10-5-6-12(8-14(10)15)11(2)17-9-13-4-3-7-16-13/h5-6,8,11,13,16-17H,3-4,7,9H2,1-2H3. The van der Waals surface area contributed by atoms with Gasteiger partial charge in [-0.25, -0.2) is 4.39 Å². The molecule has 2 rings (SSSR count).